The second-order valence-corrected chi connectivity index (χ2v) is 8.10. The van der Waals surface area contributed by atoms with Gasteiger partial charge in [-0.15, -0.1) is 11.8 Å². The summed E-state index contributed by atoms with van der Waals surface area (Å²) in [4.78, 5) is 13.7. The number of aryl methyl sites for hydroxylation is 2. The van der Waals surface area contributed by atoms with Gasteiger partial charge in [-0.05, 0) is 57.5 Å². The van der Waals surface area contributed by atoms with Gasteiger partial charge in [-0.2, -0.15) is 0 Å². The minimum atomic E-state index is -0.0885. The highest BCUT2D eigenvalue weighted by Crippen LogP contribution is 2.28. The smallest absolute Gasteiger partial charge is 0.252 e. The first-order valence-corrected chi connectivity index (χ1v) is 10.6. The maximum Gasteiger partial charge on any atom is 0.252 e. The van der Waals surface area contributed by atoms with Crippen LogP contribution in [-0.4, -0.2) is 17.2 Å². The monoisotopic (exact) mass is 410 g/mol. The number of hydrogen-bond acceptors (Lipinski definition) is 5. The molecule has 0 aliphatic rings. The van der Waals surface area contributed by atoms with E-state index < -0.39 is 0 Å². The summed E-state index contributed by atoms with van der Waals surface area (Å²) in [6, 6.07) is 15.4. The molecule has 0 aliphatic heterocycles. The van der Waals surface area contributed by atoms with Crippen LogP contribution >= 0.6 is 11.8 Å². The number of carbonyl (C=O) groups excluding carboxylic acids is 1. The fourth-order valence-electron chi connectivity index (χ4n) is 2.87. The van der Waals surface area contributed by atoms with Crippen LogP contribution in [0.25, 0.3) is 0 Å². The van der Waals surface area contributed by atoms with Gasteiger partial charge in [0.25, 0.3) is 5.91 Å². The van der Waals surface area contributed by atoms with Gasteiger partial charge < -0.3 is 14.6 Å². The maximum atomic E-state index is 12.8. The third-order valence-corrected chi connectivity index (χ3v) is 5.53. The van der Waals surface area contributed by atoms with Gasteiger partial charge in [0.2, 0.25) is 0 Å². The third-order valence-electron chi connectivity index (χ3n) is 4.43. The van der Waals surface area contributed by atoms with Crippen LogP contribution in [0.4, 0.5) is 0 Å². The molecule has 1 aromatic heterocycles. The molecule has 5 nitrogen and oxygen atoms in total. The highest BCUT2D eigenvalue weighted by molar-refractivity contribution is 7.98. The summed E-state index contributed by atoms with van der Waals surface area (Å²) >= 11 is 1.61. The van der Waals surface area contributed by atoms with Gasteiger partial charge in [0.15, 0.2) is 0 Å². The molecule has 3 rings (SSSR count). The van der Waals surface area contributed by atoms with E-state index in [1.165, 1.54) is 0 Å². The van der Waals surface area contributed by atoms with Crippen molar-refractivity contribution in [2.75, 3.05) is 0 Å². The molecular weight excluding hydrogens is 384 g/mol. The standard InChI is InChI=1S/C23H26N2O3S/c1-15(2)27-19-11-9-18(10-12-19)13-24-23(26)20-7-5-6-8-22(20)29-14-21-16(3)25-28-17(21)4/h5-12,15H,13-14H2,1-4H3,(H,24,26). The van der Waals surface area contributed by atoms with Gasteiger partial charge in [-0.1, -0.05) is 29.4 Å². The number of rotatable bonds is 8. The van der Waals surface area contributed by atoms with Crippen molar-refractivity contribution in [3.05, 3.63) is 76.7 Å². The molecule has 0 spiro atoms. The lowest BCUT2D eigenvalue weighted by atomic mass is 10.2. The quantitative estimate of drug-likeness (QED) is 0.511. The number of amides is 1. The number of carbonyl (C=O) groups is 1. The fourth-order valence-corrected chi connectivity index (χ4v) is 4.08. The lowest BCUT2D eigenvalue weighted by Crippen LogP contribution is -2.23. The van der Waals surface area contributed by atoms with Crippen molar-refractivity contribution in [2.24, 2.45) is 0 Å². The molecule has 0 saturated heterocycles. The van der Waals surface area contributed by atoms with Crippen LogP contribution in [0.3, 0.4) is 0 Å². The lowest BCUT2D eigenvalue weighted by molar-refractivity contribution is 0.0948. The van der Waals surface area contributed by atoms with Gasteiger partial charge >= 0.3 is 0 Å². The lowest BCUT2D eigenvalue weighted by Gasteiger charge is -2.12. The molecule has 2 aromatic carbocycles. The molecule has 152 valence electrons. The van der Waals surface area contributed by atoms with Gasteiger partial charge in [0.1, 0.15) is 11.5 Å². The molecule has 0 unspecified atom stereocenters. The predicted molar refractivity (Wildman–Crippen MR) is 115 cm³/mol. The molecule has 1 N–H and O–H groups in total. The van der Waals surface area contributed by atoms with E-state index in [1.807, 2.05) is 76.2 Å². The molecule has 0 aliphatic carbocycles. The third kappa shape index (κ3) is 5.64. The average Bonchev–Trinajstić information content (AvgIpc) is 3.03. The average molecular weight is 411 g/mol. The Morgan fingerprint density at radius 2 is 1.86 bits per heavy atom. The molecule has 3 aromatic rings. The second-order valence-electron chi connectivity index (χ2n) is 7.08. The number of benzene rings is 2. The van der Waals surface area contributed by atoms with E-state index in [2.05, 4.69) is 10.5 Å². The van der Waals surface area contributed by atoms with E-state index in [0.717, 1.165) is 33.2 Å². The first kappa shape index (κ1) is 21.0. The maximum absolute atomic E-state index is 12.8. The molecule has 0 bridgehead atoms. The zero-order valence-corrected chi connectivity index (χ0v) is 18.0. The fraction of sp³-hybridized carbons (Fsp3) is 0.304. The van der Waals surface area contributed by atoms with Crippen molar-refractivity contribution in [1.82, 2.24) is 10.5 Å². The molecule has 0 saturated carbocycles. The first-order valence-electron chi connectivity index (χ1n) is 9.61. The molecule has 1 amide bonds. The summed E-state index contributed by atoms with van der Waals surface area (Å²) in [5, 5.41) is 7.00. The number of aromatic nitrogens is 1. The van der Waals surface area contributed by atoms with Gasteiger partial charge in [0, 0.05) is 22.8 Å². The Morgan fingerprint density at radius 1 is 1.14 bits per heavy atom. The zero-order chi connectivity index (χ0) is 20.8. The van der Waals surface area contributed by atoms with Gasteiger partial charge in [0.05, 0.1) is 17.4 Å². The summed E-state index contributed by atoms with van der Waals surface area (Å²) in [6.07, 6.45) is 0.139. The number of hydrogen-bond donors (Lipinski definition) is 1. The molecule has 0 fully saturated rings. The van der Waals surface area contributed by atoms with Crippen molar-refractivity contribution < 1.29 is 14.1 Å². The highest BCUT2D eigenvalue weighted by atomic mass is 32.2. The summed E-state index contributed by atoms with van der Waals surface area (Å²) in [5.74, 6) is 2.27. The van der Waals surface area contributed by atoms with Crippen molar-refractivity contribution >= 4 is 17.7 Å². The van der Waals surface area contributed by atoms with Gasteiger partial charge in [-0.3, -0.25) is 4.79 Å². The second kappa shape index (κ2) is 9.65. The Kier molecular flexibility index (Phi) is 6.99. The van der Waals surface area contributed by atoms with Gasteiger partial charge in [-0.25, -0.2) is 0 Å². The molecular formula is C23H26N2O3S. The summed E-state index contributed by atoms with van der Waals surface area (Å²) < 4.78 is 10.9. The van der Waals surface area contributed by atoms with E-state index in [4.69, 9.17) is 9.26 Å². The van der Waals surface area contributed by atoms with Crippen LogP contribution in [0.5, 0.6) is 5.75 Å². The Balaban J connectivity index is 1.62. The first-order chi connectivity index (χ1) is 13.9. The SMILES string of the molecule is Cc1noc(C)c1CSc1ccccc1C(=O)NCc1ccc(OC(C)C)cc1. The van der Waals surface area contributed by atoms with Crippen LogP contribution in [0.15, 0.2) is 57.9 Å². The topological polar surface area (TPSA) is 64.4 Å². The number of thioether (sulfide) groups is 1. The summed E-state index contributed by atoms with van der Waals surface area (Å²) in [5.41, 5.74) is 3.66. The highest BCUT2D eigenvalue weighted by Gasteiger charge is 2.14. The number of ether oxygens (including phenoxy) is 1. The van der Waals surface area contributed by atoms with Crippen LogP contribution in [0, 0.1) is 13.8 Å². The van der Waals surface area contributed by atoms with E-state index in [-0.39, 0.29) is 12.0 Å². The van der Waals surface area contributed by atoms with Crippen molar-refractivity contribution in [3.8, 4) is 5.75 Å². The Bertz CT molecular complexity index is 945. The molecule has 0 radical (unpaired) electrons. The summed E-state index contributed by atoms with van der Waals surface area (Å²) in [6.45, 7) is 8.29. The van der Waals surface area contributed by atoms with Crippen LogP contribution in [0.1, 0.15) is 46.8 Å². The predicted octanol–water partition coefficient (Wildman–Crippen LogP) is 5.30. The minimum absolute atomic E-state index is 0.0885. The molecule has 6 heteroatoms. The van der Waals surface area contributed by atoms with Crippen LogP contribution in [0.2, 0.25) is 0 Å². The van der Waals surface area contributed by atoms with Crippen LogP contribution in [-0.2, 0) is 12.3 Å². The summed E-state index contributed by atoms with van der Waals surface area (Å²) in [7, 11) is 0. The minimum Gasteiger partial charge on any atom is -0.491 e. The normalized spacial score (nSPS) is 10.9. The Morgan fingerprint density at radius 3 is 2.52 bits per heavy atom. The van der Waals surface area contributed by atoms with E-state index in [9.17, 15) is 4.79 Å². The zero-order valence-electron chi connectivity index (χ0n) is 17.2. The Labute approximate surface area is 175 Å². The Hall–Kier alpha value is -2.73. The molecule has 1 heterocycles. The largest absolute Gasteiger partial charge is 0.491 e. The van der Waals surface area contributed by atoms with Crippen molar-refractivity contribution in [2.45, 2.75) is 51.0 Å². The van der Waals surface area contributed by atoms with E-state index in [1.54, 1.807) is 11.8 Å². The molecule has 0 atom stereocenters. The van der Waals surface area contributed by atoms with E-state index >= 15 is 0 Å². The number of nitrogens with zero attached hydrogens (tertiary/aromatic N) is 1. The number of nitrogens with one attached hydrogen (secondary N) is 1. The molecule has 29 heavy (non-hydrogen) atoms. The van der Waals surface area contributed by atoms with Crippen molar-refractivity contribution in [1.29, 1.82) is 0 Å². The van der Waals surface area contributed by atoms with E-state index in [0.29, 0.717) is 17.9 Å². The van der Waals surface area contributed by atoms with Crippen molar-refractivity contribution in [3.63, 3.8) is 0 Å². The van der Waals surface area contributed by atoms with Crippen LogP contribution < -0.4 is 10.1 Å².